The molecule has 0 amide bonds. The zero-order valence-corrected chi connectivity index (χ0v) is 20.4. The molecule has 0 radical (unpaired) electrons. The third-order valence-corrected chi connectivity index (χ3v) is 5.05. The molecule has 1 aliphatic rings. The number of halogens is 1. The van der Waals surface area contributed by atoms with Gasteiger partial charge in [0.25, 0.3) is 0 Å². The molecule has 0 saturated carbocycles. The molecule has 1 saturated heterocycles. The number of guanidine groups is 1. The molecule has 0 aromatic heterocycles. The number of hydrogen-bond acceptors (Lipinski definition) is 4. The van der Waals surface area contributed by atoms with Crippen LogP contribution in [0.15, 0.2) is 23.2 Å². The van der Waals surface area contributed by atoms with Crippen LogP contribution < -0.4 is 15.4 Å². The molecule has 7 heteroatoms. The summed E-state index contributed by atoms with van der Waals surface area (Å²) in [6.07, 6.45) is 0. The molecule has 0 bridgehead atoms. The Labute approximate surface area is 187 Å². The average molecular weight is 504 g/mol. The van der Waals surface area contributed by atoms with Crippen molar-refractivity contribution in [3.63, 3.8) is 0 Å². The molecular formula is C21H37IN4O2. The maximum atomic E-state index is 5.55. The largest absolute Gasteiger partial charge is 0.496 e. The van der Waals surface area contributed by atoms with Crippen molar-refractivity contribution in [2.45, 2.75) is 52.7 Å². The predicted octanol–water partition coefficient (Wildman–Crippen LogP) is 3.35. The lowest BCUT2D eigenvalue weighted by atomic mass is 10.0. The quantitative estimate of drug-likeness (QED) is 0.339. The van der Waals surface area contributed by atoms with Crippen molar-refractivity contribution >= 4 is 29.9 Å². The Hall–Kier alpha value is -1.06. The van der Waals surface area contributed by atoms with Crippen LogP contribution in [-0.4, -0.2) is 62.9 Å². The first-order valence-corrected chi connectivity index (χ1v) is 9.99. The Morgan fingerprint density at radius 2 is 2.14 bits per heavy atom. The van der Waals surface area contributed by atoms with E-state index in [1.807, 2.05) is 6.07 Å². The highest BCUT2D eigenvalue weighted by molar-refractivity contribution is 14.0. The molecule has 6 nitrogen and oxygen atoms in total. The Morgan fingerprint density at radius 1 is 1.39 bits per heavy atom. The number of ether oxygens (including phenoxy) is 2. The third kappa shape index (κ3) is 7.08. The van der Waals surface area contributed by atoms with Gasteiger partial charge in [-0.25, -0.2) is 0 Å². The number of aryl methyl sites for hydroxylation is 1. The first-order chi connectivity index (χ1) is 13.0. The summed E-state index contributed by atoms with van der Waals surface area (Å²) in [7, 11) is 1.71. The minimum absolute atomic E-state index is 0. The van der Waals surface area contributed by atoms with Crippen molar-refractivity contribution < 1.29 is 9.47 Å². The molecule has 0 spiro atoms. The molecule has 1 aromatic rings. The molecule has 3 atom stereocenters. The number of benzene rings is 1. The number of hydrogen-bond donors (Lipinski definition) is 2. The van der Waals surface area contributed by atoms with Crippen LogP contribution in [0, 0.1) is 6.92 Å². The van der Waals surface area contributed by atoms with E-state index < -0.39 is 0 Å². The van der Waals surface area contributed by atoms with Crippen molar-refractivity contribution in [2.24, 2.45) is 4.99 Å². The number of aliphatic imine (C=N–C) groups is 1. The maximum Gasteiger partial charge on any atom is 0.191 e. The van der Waals surface area contributed by atoms with Crippen LogP contribution in [0.4, 0.5) is 0 Å². The second kappa shape index (κ2) is 12.5. The molecule has 0 aliphatic carbocycles. The fourth-order valence-corrected chi connectivity index (χ4v) is 3.52. The monoisotopic (exact) mass is 504 g/mol. The summed E-state index contributed by atoms with van der Waals surface area (Å²) in [5.41, 5.74) is 2.36. The average Bonchev–Trinajstić information content (AvgIpc) is 2.66. The molecule has 1 aromatic carbocycles. The highest BCUT2D eigenvalue weighted by Gasteiger charge is 2.23. The SMILES string of the molecule is CCNC(=NCC(C)N1CCOCC1C)NC(C)c1cc(C)ccc1OC.I. The van der Waals surface area contributed by atoms with Crippen molar-refractivity contribution in [3.8, 4) is 5.75 Å². The molecule has 2 rings (SSSR count). The minimum atomic E-state index is 0. The Bertz CT molecular complexity index is 626. The summed E-state index contributed by atoms with van der Waals surface area (Å²) in [5, 5.41) is 6.88. The van der Waals surface area contributed by atoms with Gasteiger partial charge >= 0.3 is 0 Å². The topological polar surface area (TPSA) is 58.1 Å². The van der Waals surface area contributed by atoms with Crippen LogP contribution in [0.1, 0.15) is 44.9 Å². The molecule has 2 N–H and O–H groups in total. The molecule has 3 unspecified atom stereocenters. The van der Waals surface area contributed by atoms with Crippen molar-refractivity contribution in [1.82, 2.24) is 15.5 Å². The zero-order chi connectivity index (χ0) is 19.8. The first kappa shape index (κ1) is 25.0. The van der Waals surface area contributed by atoms with E-state index in [2.05, 4.69) is 62.3 Å². The van der Waals surface area contributed by atoms with E-state index in [0.29, 0.717) is 12.1 Å². The number of nitrogens with one attached hydrogen (secondary N) is 2. The van der Waals surface area contributed by atoms with Gasteiger partial charge in [0.05, 0.1) is 32.9 Å². The van der Waals surface area contributed by atoms with Crippen LogP contribution in [0.25, 0.3) is 0 Å². The van der Waals surface area contributed by atoms with Gasteiger partial charge in [0.1, 0.15) is 5.75 Å². The number of rotatable bonds is 7. The second-order valence-electron chi connectivity index (χ2n) is 7.34. The molecule has 1 aliphatic heterocycles. The first-order valence-electron chi connectivity index (χ1n) is 9.99. The summed E-state index contributed by atoms with van der Waals surface area (Å²) in [6.45, 7) is 14.9. The van der Waals surface area contributed by atoms with E-state index in [1.54, 1.807) is 7.11 Å². The van der Waals surface area contributed by atoms with Gasteiger partial charge in [-0.3, -0.25) is 9.89 Å². The number of morpholine rings is 1. The highest BCUT2D eigenvalue weighted by Crippen LogP contribution is 2.26. The molecule has 28 heavy (non-hydrogen) atoms. The fourth-order valence-electron chi connectivity index (χ4n) is 3.52. The summed E-state index contributed by atoms with van der Waals surface area (Å²) < 4.78 is 11.1. The van der Waals surface area contributed by atoms with Gasteiger partial charge in [-0.1, -0.05) is 17.7 Å². The van der Waals surface area contributed by atoms with Gasteiger partial charge < -0.3 is 20.1 Å². The second-order valence-corrected chi connectivity index (χ2v) is 7.34. The van der Waals surface area contributed by atoms with E-state index in [1.165, 1.54) is 5.56 Å². The molecule has 160 valence electrons. The summed E-state index contributed by atoms with van der Waals surface area (Å²) in [5.74, 6) is 1.73. The minimum Gasteiger partial charge on any atom is -0.496 e. The molecular weight excluding hydrogens is 467 g/mol. The third-order valence-electron chi connectivity index (χ3n) is 5.05. The van der Waals surface area contributed by atoms with E-state index in [-0.39, 0.29) is 30.0 Å². The predicted molar refractivity (Wildman–Crippen MR) is 127 cm³/mol. The van der Waals surface area contributed by atoms with Crippen LogP contribution in [-0.2, 0) is 4.74 Å². The molecule has 1 fully saturated rings. The van der Waals surface area contributed by atoms with Crippen molar-refractivity contribution in [1.29, 1.82) is 0 Å². The van der Waals surface area contributed by atoms with Gasteiger partial charge in [-0.05, 0) is 40.7 Å². The zero-order valence-electron chi connectivity index (χ0n) is 18.1. The number of nitrogens with zero attached hydrogens (tertiary/aromatic N) is 2. The maximum absolute atomic E-state index is 5.55. The summed E-state index contributed by atoms with van der Waals surface area (Å²) >= 11 is 0. The normalized spacial score (nSPS) is 20.1. The Balaban J connectivity index is 0.00000392. The Morgan fingerprint density at radius 3 is 2.79 bits per heavy atom. The van der Waals surface area contributed by atoms with Crippen molar-refractivity contribution in [3.05, 3.63) is 29.3 Å². The van der Waals surface area contributed by atoms with Crippen LogP contribution in [0.5, 0.6) is 5.75 Å². The van der Waals surface area contributed by atoms with E-state index >= 15 is 0 Å². The lowest BCUT2D eigenvalue weighted by molar-refractivity contribution is -0.0165. The smallest absolute Gasteiger partial charge is 0.191 e. The van der Waals surface area contributed by atoms with E-state index in [0.717, 1.165) is 50.1 Å². The van der Waals surface area contributed by atoms with Gasteiger partial charge in [-0.2, -0.15) is 0 Å². The number of methoxy groups -OCH3 is 1. The van der Waals surface area contributed by atoms with Gasteiger partial charge in [0.2, 0.25) is 0 Å². The lowest BCUT2D eigenvalue weighted by Crippen LogP contribution is -2.49. The van der Waals surface area contributed by atoms with Crippen LogP contribution >= 0.6 is 24.0 Å². The summed E-state index contributed by atoms with van der Waals surface area (Å²) in [4.78, 5) is 7.31. The van der Waals surface area contributed by atoms with Crippen LogP contribution in [0.2, 0.25) is 0 Å². The lowest BCUT2D eigenvalue weighted by Gasteiger charge is -2.37. The van der Waals surface area contributed by atoms with E-state index in [9.17, 15) is 0 Å². The van der Waals surface area contributed by atoms with Crippen molar-refractivity contribution in [2.75, 3.05) is 40.0 Å². The molecule has 1 heterocycles. The standard InChI is InChI=1S/C21H36N4O2.HI/c1-7-22-21(23-13-16(3)25-10-11-27-14-17(25)4)24-18(5)19-12-15(2)8-9-20(19)26-6;/h8-9,12,16-18H,7,10-11,13-14H2,1-6H3,(H2,22,23,24);1H. The van der Waals surface area contributed by atoms with E-state index in [4.69, 9.17) is 14.5 Å². The fraction of sp³-hybridized carbons (Fsp3) is 0.667. The highest BCUT2D eigenvalue weighted by atomic mass is 127. The Kier molecular flexibility index (Phi) is 11.1. The summed E-state index contributed by atoms with van der Waals surface area (Å²) in [6, 6.07) is 7.17. The van der Waals surface area contributed by atoms with Gasteiger partial charge in [-0.15, -0.1) is 24.0 Å². The van der Waals surface area contributed by atoms with Gasteiger partial charge in [0, 0.05) is 30.7 Å². The van der Waals surface area contributed by atoms with Gasteiger partial charge in [0.15, 0.2) is 5.96 Å². The van der Waals surface area contributed by atoms with Crippen LogP contribution in [0.3, 0.4) is 0 Å².